The molecule has 16 heavy (non-hydrogen) atoms. The van der Waals surface area contributed by atoms with Crippen LogP contribution in [0.1, 0.15) is 17.5 Å². The molecule has 0 bridgehead atoms. The van der Waals surface area contributed by atoms with Crippen LogP contribution >= 0.6 is 0 Å². The normalized spacial score (nSPS) is 14.9. The summed E-state index contributed by atoms with van der Waals surface area (Å²) in [5, 5.41) is 0. The zero-order valence-corrected chi connectivity index (χ0v) is 9.41. The summed E-state index contributed by atoms with van der Waals surface area (Å²) in [4.78, 5) is 0. The predicted octanol–water partition coefficient (Wildman–Crippen LogP) is 3.77. The Bertz CT molecular complexity index is 441. The molecule has 0 aliphatic carbocycles. The number of benzene rings is 1. The van der Waals surface area contributed by atoms with Gasteiger partial charge in [0.15, 0.2) is 0 Å². The van der Waals surface area contributed by atoms with Crippen molar-refractivity contribution in [3.05, 3.63) is 60.7 Å². The van der Waals surface area contributed by atoms with E-state index in [0.717, 1.165) is 36.3 Å². The van der Waals surface area contributed by atoms with Gasteiger partial charge in [-0.3, -0.25) is 0 Å². The van der Waals surface area contributed by atoms with E-state index < -0.39 is 0 Å². The smallest absolute Gasteiger partial charge is 0.123 e. The van der Waals surface area contributed by atoms with Crippen molar-refractivity contribution in [3.63, 3.8) is 0 Å². The molecule has 0 unspecified atom stereocenters. The molecular weight excluding hydrogens is 196 g/mol. The van der Waals surface area contributed by atoms with Crippen molar-refractivity contribution in [2.45, 2.75) is 12.8 Å². The Morgan fingerprint density at radius 2 is 2.19 bits per heavy atom. The SMILES string of the molecule is C=C/C=C(\C=C)c1ccc2c(c1)OCCC2. The zero-order chi connectivity index (χ0) is 11.4. The molecule has 82 valence electrons. The second-order valence-corrected chi connectivity index (χ2v) is 3.84. The molecule has 0 amide bonds. The lowest BCUT2D eigenvalue weighted by Crippen LogP contribution is -2.08. The lowest BCUT2D eigenvalue weighted by Gasteiger charge is -2.18. The highest BCUT2D eigenvalue weighted by Gasteiger charge is 2.10. The Labute approximate surface area is 96.8 Å². The summed E-state index contributed by atoms with van der Waals surface area (Å²) in [5.74, 6) is 1.01. The first-order chi connectivity index (χ1) is 7.85. The molecule has 2 rings (SSSR count). The quantitative estimate of drug-likeness (QED) is 0.693. The zero-order valence-electron chi connectivity index (χ0n) is 9.41. The van der Waals surface area contributed by atoms with E-state index in [0.29, 0.717) is 0 Å². The van der Waals surface area contributed by atoms with Gasteiger partial charge in [-0.2, -0.15) is 0 Å². The topological polar surface area (TPSA) is 9.23 Å². The van der Waals surface area contributed by atoms with Crippen molar-refractivity contribution in [2.24, 2.45) is 0 Å². The van der Waals surface area contributed by atoms with E-state index in [-0.39, 0.29) is 0 Å². The van der Waals surface area contributed by atoms with Gasteiger partial charge >= 0.3 is 0 Å². The van der Waals surface area contributed by atoms with Gasteiger partial charge in [-0.05, 0) is 35.6 Å². The molecule has 0 aromatic heterocycles. The monoisotopic (exact) mass is 212 g/mol. The van der Waals surface area contributed by atoms with Crippen LogP contribution in [0.5, 0.6) is 5.75 Å². The lowest BCUT2D eigenvalue weighted by atomic mass is 9.99. The van der Waals surface area contributed by atoms with Gasteiger partial charge in [0.05, 0.1) is 6.61 Å². The van der Waals surface area contributed by atoms with E-state index >= 15 is 0 Å². The van der Waals surface area contributed by atoms with Crippen molar-refractivity contribution in [2.75, 3.05) is 6.61 Å². The first kappa shape index (κ1) is 10.7. The third kappa shape index (κ3) is 2.08. The van der Waals surface area contributed by atoms with Crippen LogP contribution in [0.4, 0.5) is 0 Å². The fourth-order valence-electron chi connectivity index (χ4n) is 1.93. The minimum absolute atomic E-state index is 0.824. The van der Waals surface area contributed by atoms with Gasteiger partial charge < -0.3 is 4.74 Å². The second-order valence-electron chi connectivity index (χ2n) is 3.84. The van der Waals surface area contributed by atoms with Crippen LogP contribution in [0, 0.1) is 0 Å². The number of aryl methyl sites for hydroxylation is 1. The molecule has 1 nitrogen and oxygen atoms in total. The lowest BCUT2D eigenvalue weighted by molar-refractivity contribution is 0.288. The van der Waals surface area contributed by atoms with Gasteiger partial charge in [0.1, 0.15) is 5.75 Å². The van der Waals surface area contributed by atoms with Gasteiger partial charge in [-0.15, -0.1) is 0 Å². The number of ether oxygens (including phenoxy) is 1. The first-order valence-electron chi connectivity index (χ1n) is 5.56. The summed E-state index contributed by atoms with van der Waals surface area (Å²) in [6.45, 7) is 8.34. The molecule has 0 radical (unpaired) electrons. The Morgan fingerprint density at radius 3 is 2.94 bits per heavy atom. The Morgan fingerprint density at radius 1 is 1.31 bits per heavy atom. The molecule has 1 heteroatoms. The molecule has 0 saturated heterocycles. The minimum atomic E-state index is 0.824. The van der Waals surface area contributed by atoms with Gasteiger partial charge in [0.25, 0.3) is 0 Å². The third-order valence-corrected chi connectivity index (χ3v) is 2.77. The van der Waals surface area contributed by atoms with E-state index in [4.69, 9.17) is 4.74 Å². The van der Waals surface area contributed by atoms with Gasteiger partial charge in [0.2, 0.25) is 0 Å². The standard InChI is InChI=1S/C15H16O/c1-3-6-12(4-2)14-9-8-13-7-5-10-16-15(13)11-14/h3-4,6,8-9,11H,1-2,5,7,10H2/b12-6+. The highest BCUT2D eigenvalue weighted by Crippen LogP contribution is 2.28. The van der Waals surface area contributed by atoms with Crippen molar-refractivity contribution in [3.8, 4) is 5.75 Å². The molecule has 1 aliphatic heterocycles. The summed E-state index contributed by atoms with van der Waals surface area (Å²) in [7, 11) is 0. The summed E-state index contributed by atoms with van der Waals surface area (Å²) in [6.07, 6.45) is 7.80. The van der Waals surface area contributed by atoms with Gasteiger partial charge in [0, 0.05) is 0 Å². The maximum absolute atomic E-state index is 5.65. The predicted molar refractivity (Wildman–Crippen MR) is 68.6 cm³/mol. The van der Waals surface area contributed by atoms with Crippen LogP contribution in [0.3, 0.4) is 0 Å². The molecule has 1 aliphatic rings. The second kappa shape index (κ2) is 4.84. The number of fused-ring (bicyclic) bond motifs is 1. The van der Waals surface area contributed by atoms with Crippen molar-refractivity contribution >= 4 is 5.57 Å². The van der Waals surface area contributed by atoms with E-state index in [9.17, 15) is 0 Å². The van der Waals surface area contributed by atoms with Crippen molar-refractivity contribution in [1.82, 2.24) is 0 Å². The van der Waals surface area contributed by atoms with E-state index in [1.807, 2.05) is 12.2 Å². The van der Waals surface area contributed by atoms with E-state index in [2.05, 4.69) is 31.4 Å². The first-order valence-corrected chi connectivity index (χ1v) is 5.56. The molecule has 1 heterocycles. The van der Waals surface area contributed by atoms with Crippen LogP contribution in [0.15, 0.2) is 49.6 Å². The molecule has 0 N–H and O–H groups in total. The summed E-state index contributed by atoms with van der Waals surface area (Å²) in [6, 6.07) is 6.35. The largest absolute Gasteiger partial charge is 0.493 e. The highest BCUT2D eigenvalue weighted by atomic mass is 16.5. The molecule has 0 saturated carbocycles. The fraction of sp³-hybridized carbons (Fsp3) is 0.200. The van der Waals surface area contributed by atoms with E-state index in [1.54, 1.807) is 6.08 Å². The average Bonchev–Trinajstić information content (AvgIpc) is 2.35. The summed E-state index contributed by atoms with van der Waals surface area (Å²) < 4.78 is 5.65. The summed E-state index contributed by atoms with van der Waals surface area (Å²) >= 11 is 0. The van der Waals surface area contributed by atoms with Crippen LogP contribution in [-0.4, -0.2) is 6.61 Å². The maximum Gasteiger partial charge on any atom is 0.123 e. The third-order valence-electron chi connectivity index (χ3n) is 2.77. The van der Waals surface area contributed by atoms with Crippen molar-refractivity contribution < 1.29 is 4.74 Å². The van der Waals surface area contributed by atoms with Crippen LogP contribution < -0.4 is 4.74 Å². The van der Waals surface area contributed by atoms with Crippen LogP contribution in [0.25, 0.3) is 5.57 Å². The Hall–Kier alpha value is -1.76. The number of hydrogen-bond acceptors (Lipinski definition) is 1. The minimum Gasteiger partial charge on any atom is -0.493 e. The molecule has 0 atom stereocenters. The number of rotatable bonds is 3. The molecular formula is C15H16O. The highest BCUT2D eigenvalue weighted by molar-refractivity contribution is 5.75. The number of allylic oxidation sites excluding steroid dienone is 4. The summed E-state index contributed by atoms with van der Waals surface area (Å²) in [5.41, 5.74) is 3.51. The molecule has 0 fully saturated rings. The van der Waals surface area contributed by atoms with Crippen molar-refractivity contribution in [1.29, 1.82) is 0 Å². The Balaban J connectivity index is 2.39. The van der Waals surface area contributed by atoms with Crippen LogP contribution in [0.2, 0.25) is 0 Å². The Kier molecular flexibility index (Phi) is 3.25. The molecule has 1 aromatic rings. The van der Waals surface area contributed by atoms with Gasteiger partial charge in [-0.1, -0.05) is 43.5 Å². The van der Waals surface area contributed by atoms with Crippen LogP contribution in [-0.2, 0) is 6.42 Å². The van der Waals surface area contributed by atoms with E-state index in [1.165, 1.54) is 5.56 Å². The number of hydrogen-bond donors (Lipinski definition) is 0. The maximum atomic E-state index is 5.65. The van der Waals surface area contributed by atoms with Gasteiger partial charge in [-0.25, -0.2) is 0 Å². The molecule has 0 spiro atoms. The molecule has 1 aromatic carbocycles. The fourth-order valence-corrected chi connectivity index (χ4v) is 1.93. The average molecular weight is 212 g/mol.